The van der Waals surface area contributed by atoms with Gasteiger partial charge in [0.1, 0.15) is 6.61 Å². The number of aryl methyl sites for hydroxylation is 1. The summed E-state index contributed by atoms with van der Waals surface area (Å²) in [7, 11) is -3.87. The number of amides is 1. The van der Waals surface area contributed by atoms with E-state index < -0.39 is 20.7 Å². The Hall–Kier alpha value is -2.53. The minimum absolute atomic E-state index is 0.107. The molecule has 2 fully saturated rings. The summed E-state index contributed by atoms with van der Waals surface area (Å²) in [6, 6.07) is 12.1. The van der Waals surface area contributed by atoms with Crippen molar-refractivity contribution in [3.8, 4) is 17.1 Å². The summed E-state index contributed by atoms with van der Waals surface area (Å²) >= 11 is 0. The fraction of sp³-hybridized carbons (Fsp3) is 0.586. The number of piperidine rings is 1. The number of nitrogens with two attached hydrogens (primary N) is 1. The maximum Gasteiger partial charge on any atom is 0.240 e. The Balaban J connectivity index is 1.40. The second kappa shape index (κ2) is 11.9. The van der Waals surface area contributed by atoms with Crippen LogP contribution in [0.15, 0.2) is 36.4 Å². The third-order valence-corrected chi connectivity index (χ3v) is 10.3. The topological polar surface area (TPSA) is 121 Å². The fourth-order valence-electron chi connectivity index (χ4n) is 5.38. The van der Waals surface area contributed by atoms with E-state index in [9.17, 15) is 13.2 Å². The Labute approximate surface area is 232 Å². The van der Waals surface area contributed by atoms with Crippen molar-refractivity contribution in [1.82, 2.24) is 9.29 Å². The van der Waals surface area contributed by atoms with Crippen LogP contribution in [-0.2, 0) is 24.3 Å². The second-order valence-corrected chi connectivity index (χ2v) is 13.6. The van der Waals surface area contributed by atoms with E-state index in [1.807, 2.05) is 39.0 Å². The zero-order valence-electron chi connectivity index (χ0n) is 23.4. The van der Waals surface area contributed by atoms with Gasteiger partial charge in [0.25, 0.3) is 0 Å². The number of primary amides is 1. The van der Waals surface area contributed by atoms with E-state index in [4.69, 9.17) is 19.9 Å². The Kier molecular flexibility index (Phi) is 9.00. The molecule has 4 rings (SSSR count). The van der Waals surface area contributed by atoms with E-state index in [0.717, 1.165) is 16.8 Å². The monoisotopic (exact) mass is 559 g/mol. The van der Waals surface area contributed by atoms with Crippen molar-refractivity contribution in [3.63, 3.8) is 0 Å². The van der Waals surface area contributed by atoms with E-state index in [-0.39, 0.29) is 37.6 Å². The predicted molar refractivity (Wildman–Crippen MR) is 150 cm³/mol. The minimum atomic E-state index is -3.87. The van der Waals surface area contributed by atoms with Gasteiger partial charge in [0.05, 0.1) is 17.9 Å². The zero-order valence-corrected chi connectivity index (χ0v) is 24.3. The Morgan fingerprint density at radius 3 is 2.44 bits per heavy atom. The molecule has 3 heterocycles. The molecular formula is C29H41N3O6S. The normalized spacial score (nSPS) is 19.1. The van der Waals surface area contributed by atoms with Crippen molar-refractivity contribution in [2.75, 3.05) is 39.5 Å². The molecule has 0 radical (unpaired) electrons. The Morgan fingerprint density at radius 1 is 1.13 bits per heavy atom. The first kappa shape index (κ1) is 29.5. The highest BCUT2D eigenvalue weighted by Gasteiger charge is 2.53. The molecule has 1 aromatic heterocycles. The van der Waals surface area contributed by atoms with Gasteiger partial charge in [0, 0.05) is 50.8 Å². The quantitative estimate of drug-likeness (QED) is 0.464. The van der Waals surface area contributed by atoms with Gasteiger partial charge in [-0.1, -0.05) is 24.3 Å². The van der Waals surface area contributed by atoms with Crippen LogP contribution < -0.4 is 10.5 Å². The molecule has 1 aromatic carbocycles. The number of ether oxygens (including phenoxy) is 3. The summed E-state index contributed by atoms with van der Waals surface area (Å²) in [6.45, 7) is 10.2. The number of hydrogen-bond donors (Lipinski definition) is 1. The van der Waals surface area contributed by atoms with Gasteiger partial charge in [-0.15, -0.1) is 0 Å². The van der Waals surface area contributed by atoms with Crippen LogP contribution in [0.2, 0.25) is 0 Å². The molecule has 39 heavy (non-hydrogen) atoms. The van der Waals surface area contributed by atoms with E-state index in [2.05, 4.69) is 30.1 Å². The standard InChI is InChI=1S/C29H41N3O6S/c1-21-20-23(8-9-24(21)25-6-5-7-26(31-25)37-18-19-38-28(2,3)4)22-10-14-32(15-11-22)39(34,35)29(27(30)33)12-16-36-17-13-29/h5-9,20,22H,10-19H2,1-4H3,(H2,30,33). The molecule has 0 bridgehead atoms. The summed E-state index contributed by atoms with van der Waals surface area (Å²) in [5, 5.41) is 0. The highest BCUT2D eigenvalue weighted by atomic mass is 32.2. The second-order valence-electron chi connectivity index (χ2n) is 11.4. The molecule has 0 spiro atoms. The molecule has 9 nitrogen and oxygen atoms in total. The van der Waals surface area contributed by atoms with Gasteiger partial charge >= 0.3 is 0 Å². The third kappa shape index (κ3) is 6.62. The van der Waals surface area contributed by atoms with Gasteiger partial charge in [-0.05, 0) is 63.6 Å². The Bertz CT molecular complexity index is 1260. The van der Waals surface area contributed by atoms with Crippen LogP contribution >= 0.6 is 0 Å². The molecule has 0 atom stereocenters. The first-order chi connectivity index (χ1) is 18.4. The lowest BCUT2D eigenvalue weighted by molar-refractivity contribution is -0.123. The number of hydrogen-bond acceptors (Lipinski definition) is 7. The van der Waals surface area contributed by atoms with Crippen molar-refractivity contribution < 1.29 is 27.4 Å². The molecule has 2 aliphatic rings. The molecule has 214 valence electrons. The number of sulfonamides is 1. The molecule has 0 aliphatic carbocycles. The van der Waals surface area contributed by atoms with Gasteiger partial charge in [0.2, 0.25) is 21.8 Å². The number of nitrogens with zero attached hydrogens (tertiary/aromatic N) is 2. The number of carbonyl (C=O) groups is 1. The number of pyridine rings is 1. The van der Waals surface area contributed by atoms with Crippen LogP contribution in [0.4, 0.5) is 0 Å². The molecule has 2 saturated heterocycles. The largest absolute Gasteiger partial charge is 0.475 e. The van der Waals surface area contributed by atoms with Gasteiger partial charge in [-0.25, -0.2) is 17.7 Å². The number of benzene rings is 1. The summed E-state index contributed by atoms with van der Waals surface area (Å²) in [5.74, 6) is 0.00893. The SMILES string of the molecule is Cc1cc(C2CCN(S(=O)(=O)C3(C(N)=O)CCOCC3)CC2)ccc1-c1cccc(OCCOC(C)(C)C)n1. The first-order valence-electron chi connectivity index (χ1n) is 13.6. The molecule has 2 N–H and O–H groups in total. The maximum absolute atomic E-state index is 13.5. The fourth-order valence-corrected chi connectivity index (χ4v) is 7.50. The van der Waals surface area contributed by atoms with Crippen LogP contribution in [0.1, 0.15) is 63.5 Å². The van der Waals surface area contributed by atoms with Crippen molar-refractivity contribution >= 4 is 15.9 Å². The van der Waals surface area contributed by atoms with E-state index >= 15 is 0 Å². The van der Waals surface area contributed by atoms with E-state index in [1.165, 1.54) is 9.87 Å². The van der Waals surface area contributed by atoms with E-state index in [0.29, 0.717) is 45.0 Å². The van der Waals surface area contributed by atoms with Crippen LogP contribution in [-0.4, -0.2) is 73.5 Å². The molecule has 2 aromatic rings. The zero-order chi connectivity index (χ0) is 28.3. The first-order valence-corrected chi connectivity index (χ1v) is 15.1. The summed E-state index contributed by atoms with van der Waals surface area (Å²) in [6.07, 6.45) is 1.58. The van der Waals surface area contributed by atoms with Gasteiger partial charge < -0.3 is 19.9 Å². The lowest BCUT2D eigenvalue weighted by atomic mass is 9.88. The lowest BCUT2D eigenvalue weighted by Gasteiger charge is -2.40. The lowest BCUT2D eigenvalue weighted by Crippen LogP contribution is -2.59. The minimum Gasteiger partial charge on any atom is -0.475 e. The summed E-state index contributed by atoms with van der Waals surface area (Å²) < 4.78 is 43.7. The molecular weight excluding hydrogens is 518 g/mol. The van der Waals surface area contributed by atoms with Gasteiger partial charge in [-0.2, -0.15) is 0 Å². The van der Waals surface area contributed by atoms with Crippen molar-refractivity contribution in [2.45, 2.75) is 69.6 Å². The number of carbonyl (C=O) groups excluding carboxylic acids is 1. The third-order valence-electron chi connectivity index (χ3n) is 7.63. The molecule has 2 aliphatic heterocycles. The predicted octanol–water partition coefficient (Wildman–Crippen LogP) is 3.79. The molecule has 10 heteroatoms. The maximum atomic E-state index is 13.5. The average molecular weight is 560 g/mol. The van der Waals surface area contributed by atoms with Gasteiger partial charge in [-0.3, -0.25) is 4.79 Å². The van der Waals surface area contributed by atoms with Crippen LogP contribution in [0.3, 0.4) is 0 Å². The highest BCUT2D eigenvalue weighted by molar-refractivity contribution is 7.91. The molecule has 1 amide bonds. The Morgan fingerprint density at radius 2 is 1.82 bits per heavy atom. The number of rotatable bonds is 9. The van der Waals surface area contributed by atoms with E-state index in [1.54, 1.807) is 0 Å². The highest BCUT2D eigenvalue weighted by Crippen LogP contribution is 2.37. The van der Waals surface area contributed by atoms with Crippen LogP contribution in [0.5, 0.6) is 5.88 Å². The van der Waals surface area contributed by atoms with Crippen molar-refractivity contribution in [3.05, 3.63) is 47.5 Å². The van der Waals surface area contributed by atoms with Crippen LogP contribution in [0, 0.1) is 6.92 Å². The average Bonchev–Trinajstić information content (AvgIpc) is 2.91. The molecule has 0 saturated carbocycles. The summed E-state index contributed by atoms with van der Waals surface area (Å²) in [4.78, 5) is 17.0. The smallest absolute Gasteiger partial charge is 0.240 e. The van der Waals surface area contributed by atoms with Gasteiger partial charge in [0.15, 0.2) is 4.75 Å². The summed E-state index contributed by atoms with van der Waals surface area (Å²) in [5.41, 5.74) is 9.55. The molecule has 0 unspecified atom stereocenters. The number of aromatic nitrogens is 1. The van der Waals surface area contributed by atoms with Crippen molar-refractivity contribution in [1.29, 1.82) is 0 Å². The van der Waals surface area contributed by atoms with Crippen molar-refractivity contribution in [2.24, 2.45) is 5.73 Å². The van der Waals surface area contributed by atoms with Crippen LogP contribution in [0.25, 0.3) is 11.3 Å².